The lowest BCUT2D eigenvalue weighted by atomic mass is 10.1. The van der Waals surface area contributed by atoms with Gasteiger partial charge < -0.3 is 14.3 Å². The molecule has 0 radical (unpaired) electrons. The molecule has 0 spiro atoms. The minimum atomic E-state index is -0.344. The zero-order valence-electron chi connectivity index (χ0n) is 12.1. The number of para-hydroxylation sites is 1. The molecule has 0 unspecified atom stereocenters. The number of carbonyl (C=O) groups excluding carboxylic acids is 1. The second-order valence-electron chi connectivity index (χ2n) is 4.97. The number of esters is 1. The fraction of sp³-hybridized carbons (Fsp3) is 0.250. The summed E-state index contributed by atoms with van der Waals surface area (Å²) in [7, 11) is 1.39. The van der Waals surface area contributed by atoms with Crippen molar-refractivity contribution in [3.8, 4) is 0 Å². The molecule has 1 aromatic carbocycles. The van der Waals surface area contributed by atoms with Gasteiger partial charge in [-0.05, 0) is 25.0 Å². The fourth-order valence-electron chi connectivity index (χ4n) is 2.59. The van der Waals surface area contributed by atoms with E-state index < -0.39 is 0 Å². The maximum absolute atomic E-state index is 11.8. The SMILES string of the molecule is COC(=O)c1c(C)ncn1CCc1c[nH]c2ccccc12. The molecule has 21 heavy (non-hydrogen) atoms. The number of hydrogen-bond donors (Lipinski definition) is 1. The molecule has 5 heteroatoms. The van der Waals surface area contributed by atoms with E-state index in [1.165, 1.54) is 18.1 Å². The topological polar surface area (TPSA) is 59.9 Å². The molecule has 0 atom stereocenters. The van der Waals surface area contributed by atoms with E-state index in [9.17, 15) is 4.79 Å². The second-order valence-corrected chi connectivity index (χ2v) is 4.97. The molecule has 0 saturated carbocycles. The molecule has 0 aliphatic heterocycles. The van der Waals surface area contributed by atoms with Crippen LogP contribution in [0.15, 0.2) is 36.8 Å². The summed E-state index contributed by atoms with van der Waals surface area (Å²) in [5.41, 5.74) is 3.58. The summed E-state index contributed by atoms with van der Waals surface area (Å²) in [5, 5.41) is 1.22. The van der Waals surface area contributed by atoms with Gasteiger partial charge in [-0.1, -0.05) is 18.2 Å². The number of benzene rings is 1. The highest BCUT2D eigenvalue weighted by atomic mass is 16.5. The van der Waals surface area contributed by atoms with Crippen LogP contribution >= 0.6 is 0 Å². The highest BCUT2D eigenvalue weighted by Crippen LogP contribution is 2.19. The Kier molecular flexibility index (Phi) is 3.48. The van der Waals surface area contributed by atoms with Gasteiger partial charge in [-0.15, -0.1) is 0 Å². The molecule has 0 aliphatic rings. The van der Waals surface area contributed by atoms with Crippen LogP contribution in [0.4, 0.5) is 0 Å². The Morgan fingerprint density at radius 1 is 1.38 bits per heavy atom. The van der Waals surface area contributed by atoms with Crippen LogP contribution in [-0.2, 0) is 17.7 Å². The fourth-order valence-corrected chi connectivity index (χ4v) is 2.59. The predicted octanol–water partition coefficient (Wildman–Crippen LogP) is 2.70. The average Bonchev–Trinajstić information content (AvgIpc) is 3.08. The summed E-state index contributed by atoms with van der Waals surface area (Å²) in [6, 6.07) is 8.19. The van der Waals surface area contributed by atoms with Crippen LogP contribution in [0.25, 0.3) is 10.9 Å². The number of hydrogen-bond acceptors (Lipinski definition) is 3. The van der Waals surface area contributed by atoms with Crippen molar-refractivity contribution < 1.29 is 9.53 Å². The molecule has 1 N–H and O–H groups in total. The van der Waals surface area contributed by atoms with Crippen LogP contribution < -0.4 is 0 Å². The zero-order valence-corrected chi connectivity index (χ0v) is 12.1. The van der Waals surface area contributed by atoms with Gasteiger partial charge in [0.1, 0.15) is 5.69 Å². The molecule has 2 heterocycles. The number of ether oxygens (including phenoxy) is 1. The smallest absolute Gasteiger partial charge is 0.356 e. The second kappa shape index (κ2) is 5.44. The maximum Gasteiger partial charge on any atom is 0.356 e. The van der Waals surface area contributed by atoms with Gasteiger partial charge in [-0.2, -0.15) is 0 Å². The molecule has 2 aromatic heterocycles. The summed E-state index contributed by atoms with van der Waals surface area (Å²) in [4.78, 5) is 19.3. The normalized spacial score (nSPS) is 11.0. The standard InChI is InChI=1S/C16H17N3O2/c1-11-15(16(20)21-2)19(10-18-11)8-7-12-9-17-14-6-4-3-5-13(12)14/h3-6,9-10,17H,7-8H2,1-2H3. The number of aromatic nitrogens is 3. The van der Waals surface area contributed by atoms with Crippen LogP contribution in [0, 0.1) is 6.92 Å². The first-order valence-electron chi connectivity index (χ1n) is 6.85. The van der Waals surface area contributed by atoms with E-state index >= 15 is 0 Å². The van der Waals surface area contributed by atoms with Crippen molar-refractivity contribution in [3.05, 3.63) is 53.7 Å². The molecule has 3 rings (SSSR count). The lowest BCUT2D eigenvalue weighted by molar-refractivity contribution is 0.0587. The van der Waals surface area contributed by atoms with E-state index in [1.54, 1.807) is 6.33 Å². The Morgan fingerprint density at radius 2 is 2.19 bits per heavy atom. The van der Waals surface area contributed by atoms with Crippen molar-refractivity contribution in [2.75, 3.05) is 7.11 Å². The van der Waals surface area contributed by atoms with Crippen LogP contribution in [0.5, 0.6) is 0 Å². The van der Waals surface area contributed by atoms with Gasteiger partial charge in [-0.3, -0.25) is 0 Å². The average molecular weight is 283 g/mol. The number of aryl methyl sites for hydroxylation is 3. The number of fused-ring (bicyclic) bond motifs is 1. The number of H-pyrrole nitrogens is 1. The summed E-state index contributed by atoms with van der Waals surface area (Å²) in [6.07, 6.45) is 4.53. The molecule has 108 valence electrons. The first-order chi connectivity index (χ1) is 10.2. The van der Waals surface area contributed by atoms with Crippen molar-refractivity contribution >= 4 is 16.9 Å². The third kappa shape index (κ3) is 2.42. The Hall–Kier alpha value is -2.56. The van der Waals surface area contributed by atoms with Gasteiger partial charge >= 0.3 is 5.97 Å². The van der Waals surface area contributed by atoms with E-state index in [0.717, 1.165) is 11.9 Å². The summed E-state index contributed by atoms with van der Waals surface area (Å²) in [5.74, 6) is -0.344. The van der Waals surface area contributed by atoms with Gasteiger partial charge in [0, 0.05) is 23.6 Å². The number of carbonyl (C=O) groups is 1. The van der Waals surface area contributed by atoms with Gasteiger partial charge in [0.25, 0.3) is 0 Å². The van der Waals surface area contributed by atoms with Crippen molar-refractivity contribution in [2.45, 2.75) is 19.9 Å². The lowest BCUT2D eigenvalue weighted by Crippen LogP contribution is -2.12. The maximum atomic E-state index is 11.8. The summed E-state index contributed by atoms with van der Waals surface area (Å²) >= 11 is 0. The Balaban J connectivity index is 1.84. The zero-order chi connectivity index (χ0) is 14.8. The lowest BCUT2D eigenvalue weighted by Gasteiger charge is -2.07. The Bertz CT molecular complexity index is 786. The first-order valence-corrected chi connectivity index (χ1v) is 6.85. The number of imidazole rings is 1. The highest BCUT2D eigenvalue weighted by Gasteiger charge is 2.16. The van der Waals surface area contributed by atoms with Crippen molar-refractivity contribution in [1.29, 1.82) is 0 Å². The molecule has 5 nitrogen and oxygen atoms in total. The summed E-state index contributed by atoms with van der Waals surface area (Å²) in [6.45, 7) is 2.50. The number of nitrogens with one attached hydrogen (secondary N) is 1. The van der Waals surface area contributed by atoms with Crippen molar-refractivity contribution in [1.82, 2.24) is 14.5 Å². The van der Waals surface area contributed by atoms with E-state index in [0.29, 0.717) is 17.9 Å². The van der Waals surface area contributed by atoms with Crippen LogP contribution in [0.2, 0.25) is 0 Å². The number of methoxy groups -OCH3 is 1. The summed E-state index contributed by atoms with van der Waals surface area (Å²) < 4.78 is 6.67. The molecule has 0 saturated heterocycles. The minimum absolute atomic E-state index is 0.344. The number of nitrogens with zero attached hydrogens (tertiary/aromatic N) is 2. The van der Waals surface area contributed by atoms with Gasteiger partial charge in [-0.25, -0.2) is 9.78 Å². The minimum Gasteiger partial charge on any atom is -0.464 e. The van der Waals surface area contributed by atoms with Crippen LogP contribution in [0.3, 0.4) is 0 Å². The first kappa shape index (κ1) is 13.4. The number of rotatable bonds is 4. The van der Waals surface area contributed by atoms with E-state index in [4.69, 9.17) is 4.74 Å². The van der Waals surface area contributed by atoms with Crippen LogP contribution in [-0.4, -0.2) is 27.6 Å². The van der Waals surface area contributed by atoms with Gasteiger partial charge in [0.05, 0.1) is 19.1 Å². The van der Waals surface area contributed by atoms with Crippen LogP contribution in [0.1, 0.15) is 21.7 Å². The largest absolute Gasteiger partial charge is 0.464 e. The molecule has 0 aliphatic carbocycles. The highest BCUT2D eigenvalue weighted by molar-refractivity contribution is 5.88. The molecule has 0 bridgehead atoms. The van der Waals surface area contributed by atoms with Gasteiger partial charge in [0.15, 0.2) is 0 Å². The molecular weight excluding hydrogens is 266 g/mol. The Labute approximate surface area is 122 Å². The Morgan fingerprint density at radius 3 is 3.00 bits per heavy atom. The van der Waals surface area contributed by atoms with E-state index in [-0.39, 0.29) is 5.97 Å². The third-order valence-electron chi connectivity index (χ3n) is 3.70. The van der Waals surface area contributed by atoms with Gasteiger partial charge in [0.2, 0.25) is 0 Å². The van der Waals surface area contributed by atoms with Crippen molar-refractivity contribution in [2.24, 2.45) is 0 Å². The number of aromatic amines is 1. The van der Waals surface area contributed by atoms with Crippen molar-refractivity contribution in [3.63, 3.8) is 0 Å². The predicted molar refractivity (Wildman–Crippen MR) is 80.3 cm³/mol. The molecular formula is C16H17N3O2. The van der Waals surface area contributed by atoms with E-state index in [2.05, 4.69) is 22.1 Å². The molecule has 0 fully saturated rings. The molecule has 3 aromatic rings. The van der Waals surface area contributed by atoms with E-state index in [1.807, 2.05) is 29.8 Å². The molecule has 0 amide bonds. The quantitative estimate of drug-likeness (QED) is 0.749. The monoisotopic (exact) mass is 283 g/mol. The third-order valence-corrected chi connectivity index (χ3v) is 3.70.